The minimum absolute atomic E-state index is 0.521. The van der Waals surface area contributed by atoms with Crippen molar-refractivity contribution in [1.29, 1.82) is 0 Å². The first-order chi connectivity index (χ1) is 7.18. The fourth-order valence-corrected chi connectivity index (χ4v) is 1.52. The van der Waals surface area contributed by atoms with E-state index in [4.69, 9.17) is 23.5 Å². The number of hydrogen-bond acceptors (Lipinski definition) is 0. The lowest BCUT2D eigenvalue weighted by Crippen LogP contribution is -2.30. The zero-order chi connectivity index (χ0) is 10.8. The molecule has 2 rings (SSSR count). The molecule has 64 valence electrons. The molecule has 0 spiro atoms. The van der Waals surface area contributed by atoms with Crippen molar-refractivity contribution in [2.24, 2.45) is 0 Å². The average Bonchev–Trinajstić information content (AvgIpc) is 2.25. The molecule has 0 saturated carbocycles. The van der Waals surface area contributed by atoms with Gasteiger partial charge in [0, 0.05) is 0 Å². The number of rotatable bonds is 1. The molecule has 0 bridgehead atoms. The highest BCUT2D eigenvalue weighted by Crippen LogP contribution is 2.14. The largest absolute Gasteiger partial charge is 0.114 e. The van der Waals surface area contributed by atoms with Crippen molar-refractivity contribution in [3.8, 4) is 11.1 Å². The highest BCUT2D eigenvalue weighted by Gasteiger charge is 2.02. The van der Waals surface area contributed by atoms with Crippen LogP contribution in [0.5, 0.6) is 0 Å². The second kappa shape index (κ2) is 4.02. The molecular weight excluding hydrogens is 177 g/mol. The molecule has 15 heavy (non-hydrogen) atoms. The quantitative estimate of drug-likeness (QED) is 0.535. The van der Waals surface area contributed by atoms with Crippen LogP contribution in [0.15, 0.2) is 42.5 Å². The van der Waals surface area contributed by atoms with Crippen LogP contribution in [0.25, 0.3) is 11.1 Å². The zero-order valence-electron chi connectivity index (χ0n) is 8.27. The van der Waals surface area contributed by atoms with Crippen LogP contribution in [0.1, 0.15) is 0 Å². The number of hydrogen-bond donors (Lipinski definition) is 0. The van der Waals surface area contributed by atoms with Crippen LogP contribution in [-0.4, -0.2) is 23.5 Å². The molecule has 0 aromatic heterocycles. The molecule has 0 saturated heterocycles. The van der Waals surface area contributed by atoms with Gasteiger partial charge in [0.15, 0.2) is 0 Å². The average molecular weight is 184 g/mol. The fraction of sp³-hybridized carbons (Fsp3) is 0. The van der Waals surface area contributed by atoms with E-state index in [0.29, 0.717) is 16.4 Å². The summed E-state index contributed by atoms with van der Waals surface area (Å²) in [5.41, 5.74) is 3.69. The first-order valence-electron chi connectivity index (χ1n) is 4.68. The van der Waals surface area contributed by atoms with Gasteiger partial charge >= 0.3 is 0 Å². The molecule has 0 aliphatic heterocycles. The fourth-order valence-electron chi connectivity index (χ4n) is 1.52. The van der Waals surface area contributed by atoms with E-state index in [1.165, 1.54) is 0 Å². The van der Waals surface area contributed by atoms with E-state index in [1.807, 2.05) is 30.3 Å². The molecule has 0 amide bonds. The predicted molar refractivity (Wildman–Crippen MR) is 68.0 cm³/mol. The van der Waals surface area contributed by atoms with E-state index < -0.39 is 0 Å². The summed E-state index contributed by atoms with van der Waals surface area (Å²) < 4.78 is 0. The molecule has 3 heteroatoms. The normalized spacial score (nSPS) is 10.1. The standard InChI is InChI=1S/C12H7B3/c13-10-7-12(15)11(14)6-9(10)8-4-2-1-3-5-8/h1-7H. The summed E-state index contributed by atoms with van der Waals surface area (Å²) in [7, 11) is 17.3. The van der Waals surface area contributed by atoms with Gasteiger partial charge in [0.25, 0.3) is 0 Å². The maximum atomic E-state index is 5.89. The molecule has 6 radical (unpaired) electrons. The van der Waals surface area contributed by atoms with Crippen LogP contribution in [0.3, 0.4) is 0 Å². The van der Waals surface area contributed by atoms with Crippen LogP contribution >= 0.6 is 0 Å². The molecule has 2 aromatic rings. The van der Waals surface area contributed by atoms with Crippen LogP contribution in [0, 0.1) is 0 Å². The molecule has 0 heterocycles. The maximum Gasteiger partial charge on any atom is 0.114 e. The van der Waals surface area contributed by atoms with E-state index in [9.17, 15) is 0 Å². The van der Waals surface area contributed by atoms with Crippen molar-refractivity contribution in [1.82, 2.24) is 0 Å². The predicted octanol–water partition coefficient (Wildman–Crippen LogP) is -0.265. The van der Waals surface area contributed by atoms with Gasteiger partial charge < -0.3 is 0 Å². The summed E-state index contributed by atoms with van der Waals surface area (Å²) in [6, 6.07) is 13.4. The van der Waals surface area contributed by atoms with Gasteiger partial charge in [-0.3, -0.25) is 0 Å². The molecule has 0 nitrogen and oxygen atoms in total. The van der Waals surface area contributed by atoms with Crippen molar-refractivity contribution in [2.75, 3.05) is 0 Å². The second-order valence-electron chi connectivity index (χ2n) is 3.43. The van der Waals surface area contributed by atoms with Crippen molar-refractivity contribution in [3.05, 3.63) is 42.5 Å². The Labute approximate surface area is 93.9 Å². The Balaban J connectivity index is 2.59. The summed E-state index contributed by atoms with van der Waals surface area (Å²) in [5.74, 6) is 0. The van der Waals surface area contributed by atoms with Crippen LogP contribution in [-0.2, 0) is 0 Å². The highest BCUT2D eigenvalue weighted by molar-refractivity contribution is 6.51. The second-order valence-corrected chi connectivity index (χ2v) is 3.43. The lowest BCUT2D eigenvalue weighted by Gasteiger charge is -2.10. The van der Waals surface area contributed by atoms with Gasteiger partial charge in [-0.05, 0) is 11.1 Å². The van der Waals surface area contributed by atoms with E-state index >= 15 is 0 Å². The Morgan fingerprint density at radius 2 is 1.27 bits per heavy atom. The van der Waals surface area contributed by atoms with E-state index in [-0.39, 0.29) is 0 Å². The summed E-state index contributed by atoms with van der Waals surface area (Å²) in [6.07, 6.45) is 0. The van der Waals surface area contributed by atoms with Gasteiger partial charge in [0.2, 0.25) is 0 Å². The minimum atomic E-state index is 0.521. The monoisotopic (exact) mass is 184 g/mol. The molecule has 0 unspecified atom stereocenters. The van der Waals surface area contributed by atoms with Gasteiger partial charge in [0.1, 0.15) is 23.5 Å². The molecule has 0 N–H and O–H groups in total. The SMILES string of the molecule is [B]c1cc([B])c(-c2ccccc2)cc1[B]. The third-order valence-corrected chi connectivity index (χ3v) is 2.34. The van der Waals surface area contributed by atoms with Crippen molar-refractivity contribution in [2.45, 2.75) is 0 Å². The molecule has 0 fully saturated rings. The topological polar surface area (TPSA) is 0 Å². The summed E-state index contributed by atoms with van der Waals surface area (Å²) >= 11 is 0. The first-order valence-corrected chi connectivity index (χ1v) is 4.68. The Kier molecular flexibility index (Phi) is 2.72. The van der Waals surface area contributed by atoms with Crippen molar-refractivity contribution in [3.63, 3.8) is 0 Å². The van der Waals surface area contributed by atoms with Gasteiger partial charge in [-0.1, -0.05) is 47.9 Å². The van der Waals surface area contributed by atoms with Crippen molar-refractivity contribution < 1.29 is 0 Å². The minimum Gasteiger partial charge on any atom is -0.104 e. The third kappa shape index (κ3) is 2.01. The summed E-state index contributed by atoms with van der Waals surface area (Å²) in [6.45, 7) is 0. The first kappa shape index (κ1) is 10.2. The van der Waals surface area contributed by atoms with E-state index in [2.05, 4.69) is 0 Å². The Hall–Kier alpha value is -1.37. The lowest BCUT2D eigenvalue weighted by molar-refractivity contribution is 1.67. The summed E-state index contributed by atoms with van der Waals surface area (Å²) in [4.78, 5) is 0. The smallest absolute Gasteiger partial charge is 0.104 e. The maximum absolute atomic E-state index is 5.89. The third-order valence-electron chi connectivity index (χ3n) is 2.34. The van der Waals surface area contributed by atoms with Gasteiger partial charge in [-0.25, -0.2) is 0 Å². The van der Waals surface area contributed by atoms with Crippen LogP contribution in [0.4, 0.5) is 0 Å². The Morgan fingerprint density at radius 3 is 1.93 bits per heavy atom. The molecule has 0 atom stereocenters. The molecule has 2 aromatic carbocycles. The summed E-state index contributed by atoms with van der Waals surface area (Å²) in [5, 5.41) is 0. The molecule has 0 aliphatic rings. The van der Waals surface area contributed by atoms with Crippen molar-refractivity contribution >= 4 is 39.9 Å². The molecule has 0 aliphatic carbocycles. The number of benzene rings is 2. The van der Waals surface area contributed by atoms with Crippen LogP contribution in [0.2, 0.25) is 0 Å². The van der Waals surface area contributed by atoms with Gasteiger partial charge in [0.05, 0.1) is 0 Å². The highest BCUT2D eigenvalue weighted by atomic mass is 14.0. The zero-order valence-corrected chi connectivity index (χ0v) is 8.27. The lowest BCUT2D eigenvalue weighted by atomic mass is 9.74. The van der Waals surface area contributed by atoms with E-state index in [1.54, 1.807) is 12.1 Å². The molecular formula is C12H7B3. The van der Waals surface area contributed by atoms with Crippen LogP contribution < -0.4 is 16.4 Å². The Morgan fingerprint density at radius 1 is 0.667 bits per heavy atom. The van der Waals surface area contributed by atoms with Gasteiger partial charge in [-0.15, -0.1) is 10.9 Å². The van der Waals surface area contributed by atoms with E-state index in [0.717, 1.165) is 11.1 Å². The Bertz CT molecular complexity index is 478. The van der Waals surface area contributed by atoms with Gasteiger partial charge in [-0.2, -0.15) is 0 Å².